The van der Waals surface area contributed by atoms with E-state index in [0.717, 1.165) is 5.69 Å². The topological polar surface area (TPSA) is 81.2 Å². The lowest BCUT2D eigenvalue weighted by Crippen LogP contribution is -2.09. The van der Waals surface area contributed by atoms with Crippen molar-refractivity contribution in [3.63, 3.8) is 0 Å². The van der Waals surface area contributed by atoms with Crippen LogP contribution >= 0.6 is 0 Å². The third kappa shape index (κ3) is 2.48. The minimum absolute atomic E-state index is 0.123. The van der Waals surface area contributed by atoms with Crippen molar-refractivity contribution in [2.24, 2.45) is 0 Å². The van der Waals surface area contributed by atoms with Gasteiger partial charge in [-0.05, 0) is 30.2 Å². The number of nitrogens with zero attached hydrogens (tertiary/aromatic N) is 3. The first-order valence-corrected chi connectivity index (χ1v) is 7.92. The number of phenolic OH excluding ortho intramolecular Hbond substituents is 1. The van der Waals surface area contributed by atoms with Crippen LogP contribution in [0.3, 0.4) is 0 Å². The van der Waals surface area contributed by atoms with Gasteiger partial charge in [0.15, 0.2) is 5.82 Å². The van der Waals surface area contributed by atoms with E-state index in [2.05, 4.69) is 10.2 Å². The molecule has 2 aromatic carbocycles. The summed E-state index contributed by atoms with van der Waals surface area (Å²) >= 11 is 0. The standard InChI is InChI=1S/C19H15N3O3/c1-2-12-8-14-17(9-16(12)23)25-10-15(18(14)24)19-21-20-11-22(19)13-6-4-3-5-7-13/h3-11,23H,2H2,1H3. The van der Waals surface area contributed by atoms with Crippen LogP contribution in [-0.4, -0.2) is 19.9 Å². The molecule has 4 rings (SSSR count). The molecule has 0 aliphatic heterocycles. The van der Waals surface area contributed by atoms with Crippen LogP contribution in [0.15, 0.2) is 64.3 Å². The van der Waals surface area contributed by atoms with Gasteiger partial charge < -0.3 is 9.52 Å². The summed E-state index contributed by atoms with van der Waals surface area (Å²) in [6.45, 7) is 1.92. The summed E-state index contributed by atoms with van der Waals surface area (Å²) in [7, 11) is 0. The van der Waals surface area contributed by atoms with Crippen LogP contribution in [0.5, 0.6) is 5.75 Å². The average molecular weight is 333 g/mol. The molecule has 0 amide bonds. The van der Waals surface area contributed by atoms with Gasteiger partial charge in [0.2, 0.25) is 5.43 Å². The Bertz CT molecular complexity index is 1110. The summed E-state index contributed by atoms with van der Waals surface area (Å²) in [4.78, 5) is 13.0. The van der Waals surface area contributed by atoms with E-state index in [1.165, 1.54) is 12.3 Å². The van der Waals surface area contributed by atoms with Crippen molar-refractivity contribution in [1.29, 1.82) is 0 Å². The summed E-state index contributed by atoms with van der Waals surface area (Å²) in [5, 5.41) is 18.4. The Morgan fingerprint density at radius 1 is 1.20 bits per heavy atom. The maximum absolute atomic E-state index is 13.0. The van der Waals surface area contributed by atoms with E-state index in [4.69, 9.17) is 4.42 Å². The molecule has 0 atom stereocenters. The maximum Gasteiger partial charge on any atom is 0.203 e. The van der Waals surface area contributed by atoms with Gasteiger partial charge in [0.05, 0.1) is 5.39 Å². The number of benzene rings is 2. The number of aromatic nitrogens is 3. The zero-order valence-corrected chi connectivity index (χ0v) is 13.5. The number of hydrogen-bond donors (Lipinski definition) is 1. The van der Waals surface area contributed by atoms with Gasteiger partial charge in [0.1, 0.15) is 29.5 Å². The summed E-state index contributed by atoms with van der Waals surface area (Å²) in [6, 6.07) is 12.7. The molecule has 0 unspecified atom stereocenters. The van der Waals surface area contributed by atoms with Crippen LogP contribution < -0.4 is 5.43 Å². The average Bonchev–Trinajstić information content (AvgIpc) is 3.12. The molecule has 6 heteroatoms. The number of hydrogen-bond acceptors (Lipinski definition) is 5. The smallest absolute Gasteiger partial charge is 0.203 e. The van der Waals surface area contributed by atoms with Gasteiger partial charge in [-0.3, -0.25) is 9.36 Å². The largest absolute Gasteiger partial charge is 0.508 e. The van der Waals surface area contributed by atoms with Crippen LogP contribution in [0.4, 0.5) is 0 Å². The number of phenols is 1. The fraction of sp³-hybridized carbons (Fsp3) is 0.105. The molecule has 0 aliphatic carbocycles. The van der Waals surface area contributed by atoms with Gasteiger partial charge >= 0.3 is 0 Å². The molecule has 2 aromatic heterocycles. The van der Waals surface area contributed by atoms with Gasteiger partial charge in [-0.1, -0.05) is 25.1 Å². The van der Waals surface area contributed by atoms with Crippen LogP contribution in [-0.2, 0) is 6.42 Å². The lowest BCUT2D eigenvalue weighted by molar-refractivity contribution is 0.467. The normalized spacial score (nSPS) is 11.1. The fourth-order valence-electron chi connectivity index (χ4n) is 2.84. The highest BCUT2D eigenvalue weighted by Gasteiger charge is 2.17. The summed E-state index contributed by atoms with van der Waals surface area (Å²) in [5.41, 5.74) is 2.00. The monoisotopic (exact) mass is 333 g/mol. The van der Waals surface area contributed by atoms with Crippen LogP contribution in [0.2, 0.25) is 0 Å². The Hall–Kier alpha value is -3.41. The Kier molecular flexibility index (Phi) is 3.57. The highest BCUT2D eigenvalue weighted by atomic mass is 16.3. The molecule has 124 valence electrons. The molecule has 1 N–H and O–H groups in total. The van der Waals surface area contributed by atoms with Gasteiger partial charge in [-0.25, -0.2) is 0 Å². The van der Waals surface area contributed by atoms with E-state index < -0.39 is 0 Å². The van der Waals surface area contributed by atoms with Crippen molar-refractivity contribution in [3.8, 4) is 22.8 Å². The van der Waals surface area contributed by atoms with Crippen molar-refractivity contribution in [2.45, 2.75) is 13.3 Å². The van der Waals surface area contributed by atoms with Crippen molar-refractivity contribution in [3.05, 3.63) is 70.8 Å². The van der Waals surface area contributed by atoms with E-state index in [1.807, 2.05) is 37.3 Å². The molecule has 0 spiro atoms. The van der Waals surface area contributed by atoms with Crippen molar-refractivity contribution < 1.29 is 9.52 Å². The number of rotatable bonds is 3. The van der Waals surface area contributed by atoms with Crippen LogP contribution in [0, 0.1) is 0 Å². The highest BCUT2D eigenvalue weighted by molar-refractivity contribution is 5.82. The molecule has 0 bridgehead atoms. The predicted molar refractivity (Wildman–Crippen MR) is 93.9 cm³/mol. The van der Waals surface area contributed by atoms with E-state index in [1.54, 1.807) is 17.0 Å². The van der Waals surface area contributed by atoms with E-state index >= 15 is 0 Å². The molecular weight excluding hydrogens is 318 g/mol. The van der Waals surface area contributed by atoms with E-state index in [-0.39, 0.29) is 11.2 Å². The third-order valence-electron chi connectivity index (χ3n) is 4.18. The van der Waals surface area contributed by atoms with Gasteiger partial charge in [-0.2, -0.15) is 0 Å². The minimum atomic E-state index is -0.207. The van der Waals surface area contributed by atoms with Gasteiger partial charge in [0, 0.05) is 11.8 Å². The number of aromatic hydroxyl groups is 1. The van der Waals surface area contributed by atoms with Crippen LogP contribution in [0.25, 0.3) is 28.0 Å². The second-order valence-electron chi connectivity index (χ2n) is 5.67. The molecule has 0 saturated carbocycles. The number of fused-ring (bicyclic) bond motifs is 1. The lowest BCUT2D eigenvalue weighted by atomic mass is 10.1. The number of aryl methyl sites for hydroxylation is 1. The molecule has 0 saturated heterocycles. The zero-order valence-electron chi connectivity index (χ0n) is 13.5. The predicted octanol–water partition coefficient (Wildman–Crippen LogP) is 3.31. The summed E-state index contributed by atoms with van der Waals surface area (Å²) in [5.74, 6) is 0.534. The van der Waals surface area contributed by atoms with E-state index in [0.29, 0.717) is 34.3 Å². The van der Waals surface area contributed by atoms with Gasteiger partial charge in [0.25, 0.3) is 0 Å². The third-order valence-corrected chi connectivity index (χ3v) is 4.18. The molecule has 0 aliphatic rings. The van der Waals surface area contributed by atoms with Gasteiger partial charge in [-0.15, -0.1) is 10.2 Å². The molecule has 2 heterocycles. The summed E-state index contributed by atoms with van der Waals surface area (Å²) in [6.07, 6.45) is 3.54. The SMILES string of the molecule is CCc1cc2c(=O)c(-c3nncn3-c3ccccc3)coc2cc1O. The molecule has 0 radical (unpaired) electrons. The maximum atomic E-state index is 13.0. The van der Waals surface area contributed by atoms with Crippen molar-refractivity contribution in [2.75, 3.05) is 0 Å². The molecular formula is C19H15N3O3. The van der Waals surface area contributed by atoms with E-state index in [9.17, 15) is 9.90 Å². The Labute approximate surface area is 143 Å². The zero-order chi connectivity index (χ0) is 17.4. The first-order chi connectivity index (χ1) is 12.2. The lowest BCUT2D eigenvalue weighted by Gasteiger charge is -2.08. The highest BCUT2D eigenvalue weighted by Crippen LogP contribution is 2.26. The Morgan fingerprint density at radius 2 is 2.00 bits per heavy atom. The van der Waals surface area contributed by atoms with Crippen LogP contribution in [0.1, 0.15) is 12.5 Å². The second kappa shape index (κ2) is 5.90. The number of para-hydroxylation sites is 1. The first kappa shape index (κ1) is 15.1. The first-order valence-electron chi connectivity index (χ1n) is 7.92. The van der Waals surface area contributed by atoms with Crippen molar-refractivity contribution >= 4 is 11.0 Å². The second-order valence-corrected chi connectivity index (χ2v) is 5.67. The summed E-state index contributed by atoms with van der Waals surface area (Å²) < 4.78 is 7.31. The van der Waals surface area contributed by atoms with Crippen molar-refractivity contribution in [1.82, 2.24) is 14.8 Å². The Balaban J connectivity index is 1.95. The quantitative estimate of drug-likeness (QED) is 0.622. The molecule has 4 aromatic rings. The molecule has 0 fully saturated rings. The Morgan fingerprint density at radius 3 is 2.76 bits per heavy atom. The molecule has 6 nitrogen and oxygen atoms in total. The molecule has 25 heavy (non-hydrogen) atoms. The fourth-order valence-corrected chi connectivity index (χ4v) is 2.84. The minimum Gasteiger partial charge on any atom is -0.508 e.